The van der Waals surface area contributed by atoms with Gasteiger partial charge in [-0.1, -0.05) is 12.1 Å². The molecule has 0 fully saturated rings. The lowest BCUT2D eigenvalue weighted by Gasteiger charge is -2.37. The third-order valence-corrected chi connectivity index (χ3v) is 5.15. The van der Waals surface area contributed by atoms with Crippen LogP contribution in [0.3, 0.4) is 0 Å². The molecule has 0 amide bonds. The van der Waals surface area contributed by atoms with Crippen LogP contribution in [0.1, 0.15) is 32.8 Å². The number of benzene rings is 1. The lowest BCUT2D eigenvalue weighted by atomic mass is 9.86. The number of rotatable bonds is 6. The van der Waals surface area contributed by atoms with Crippen molar-refractivity contribution in [2.75, 3.05) is 6.67 Å². The summed E-state index contributed by atoms with van der Waals surface area (Å²) in [5.41, 5.74) is -3.31. The molecular weight excluding hydrogens is 372 g/mol. The van der Waals surface area contributed by atoms with E-state index in [2.05, 4.69) is 4.72 Å². The summed E-state index contributed by atoms with van der Waals surface area (Å²) in [6.45, 7) is 2.73. The Balaban J connectivity index is 3.45. The van der Waals surface area contributed by atoms with Gasteiger partial charge in [-0.05, 0) is 26.8 Å². The Kier molecular flexibility index (Phi) is 6.82. The largest absolute Gasteiger partial charge is 0.598 e. The Morgan fingerprint density at radius 3 is 2.20 bits per heavy atom. The summed E-state index contributed by atoms with van der Waals surface area (Å²) in [4.78, 5) is 0. The maximum absolute atomic E-state index is 14.1. The molecule has 0 aliphatic carbocycles. The van der Waals surface area contributed by atoms with Gasteiger partial charge in [0.05, 0.1) is 0 Å². The van der Waals surface area contributed by atoms with Gasteiger partial charge in [0.1, 0.15) is 17.0 Å². The summed E-state index contributed by atoms with van der Waals surface area (Å²) in [5.74, 6) is -2.98. The van der Waals surface area contributed by atoms with E-state index >= 15 is 0 Å². The third kappa shape index (κ3) is 5.25. The summed E-state index contributed by atoms with van der Waals surface area (Å²) in [6.07, 6.45) is -9.53. The molecule has 0 saturated heterocycles. The Hall–Kier alpha value is -0.970. The van der Waals surface area contributed by atoms with Gasteiger partial charge in [0.15, 0.2) is 17.7 Å². The fraction of sp³-hybridized carbons (Fsp3) is 0.600. The van der Waals surface area contributed by atoms with Crippen LogP contribution in [-0.4, -0.2) is 33.4 Å². The summed E-state index contributed by atoms with van der Waals surface area (Å²) in [7, 11) is 0. The molecule has 2 N–H and O–H groups in total. The summed E-state index contributed by atoms with van der Waals surface area (Å²) >= 11 is -2.12. The van der Waals surface area contributed by atoms with Gasteiger partial charge in [0, 0.05) is 23.3 Å². The molecular formula is C15H19F6NO2S. The van der Waals surface area contributed by atoms with Crippen LogP contribution < -0.4 is 4.72 Å². The van der Waals surface area contributed by atoms with Crippen molar-refractivity contribution in [3.05, 3.63) is 35.4 Å². The van der Waals surface area contributed by atoms with E-state index in [9.17, 15) is 36.0 Å². The zero-order valence-corrected chi connectivity index (χ0v) is 14.6. The average molecular weight is 391 g/mol. The van der Waals surface area contributed by atoms with Gasteiger partial charge in [0.25, 0.3) is 0 Å². The second-order valence-electron chi connectivity index (χ2n) is 6.56. The minimum Gasteiger partial charge on any atom is -0.598 e. The van der Waals surface area contributed by atoms with Crippen molar-refractivity contribution < 1.29 is 36.0 Å². The normalized spacial score (nSPS) is 17.9. The number of aliphatic hydroxyl groups excluding tert-OH is 1. The molecule has 0 aliphatic heterocycles. The molecule has 3 atom stereocenters. The predicted molar refractivity (Wildman–Crippen MR) is 81.7 cm³/mol. The number of halogens is 6. The highest BCUT2D eigenvalue weighted by molar-refractivity contribution is 7.90. The molecule has 0 heterocycles. The maximum Gasteiger partial charge on any atom is 0.414 e. The van der Waals surface area contributed by atoms with E-state index in [1.807, 2.05) is 0 Å². The second kappa shape index (κ2) is 7.73. The van der Waals surface area contributed by atoms with Crippen molar-refractivity contribution in [2.24, 2.45) is 0 Å². The van der Waals surface area contributed by atoms with E-state index in [1.54, 1.807) is 0 Å². The van der Waals surface area contributed by atoms with Crippen LogP contribution in [0.2, 0.25) is 0 Å². The molecule has 10 heteroatoms. The van der Waals surface area contributed by atoms with E-state index in [-0.39, 0.29) is 0 Å². The van der Waals surface area contributed by atoms with E-state index in [1.165, 1.54) is 20.8 Å². The van der Waals surface area contributed by atoms with Crippen LogP contribution in [0.5, 0.6) is 0 Å². The fourth-order valence-electron chi connectivity index (χ4n) is 2.01. The van der Waals surface area contributed by atoms with Gasteiger partial charge in [0.2, 0.25) is 0 Å². The van der Waals surface area contributed by atoms with Gasteiger partial charge in [-0.15, -0.1) is 4.72 Å². The third-order valence-electron chi connectivity index (χ3n) is 3.46. The Morgan fingerprint density at radius 2 is 1.76 bits per heavy atom. The zero-order valence-electron chi connectivity index (χ0n) is 13.8. The maximum atomic E-state index is 14.1. The van der Waals surface area contributed by atoms with Crippen molar-refractivity contribution in [3.63, 3.8) is 0 Å². The molecule has 25 heavy (non-hydrogen) atoms. The van der Waals surface area contributed by atoms with Gasteiger partial charge in [-0.2, -0.15) is 13.2 Å². The van der Waals surface area contributed by atoms with Crippen LogP contribution in [0.25, 0.3) is 0 Å². The molecule has 144 valence electrons. The highest BCUT2D eigenvalue weighted by Crippen LogP contribution is 2.36. The minimum absolute atomic E-state index is 0.711. The molecule has 0 saturated carbocycles. The van der Waals surface area contributed by atoms with Crippen molar-refractivity contribution in [1.29, 1.82) is 0 Å². The first-order chi connectivity index (χ1) is 11.2. The summed E-state index contributed by atoms with van der Waals surface area (Å²) in [5, 5.41) is 9.34. The first-order valence-corrected chi connectivity index (χ1v) is 8.34. The van der Waals surface area contributed by atoms with Crippen LogP contribution in [0.15, 0.2) is 18.2 Å². The number of hydrogen-bond acceptors (Lipinski definition) is 3. The van der Waals surface area contributed by atoms with E-state index in [0.29, 0.717) is 6.07 Å². The average Bonchev–Trinajstić information content (AvgIpc) is 2.47. The number of alkyl halides is 4. The quantitative estimate of drug-likeness (QED) is 0.577. The SMILES string of the molecule is CC(C)(C)[S+]([O-])NC(CF)(C[C@@H](O)C(F)(F)F)c1cccc(F)c1F. The molecule has 0 spiro atoms. The molecule has 3 nitrogen and oxygen atoms in total. The monoisotopic (exact) mass is 391 g/mol. The number of aliphatic hydroxyl groups is 1. The highest BCUT2D eigenvalue weighted by Gasteiger charge is 2.50. The predicted octanol–water partition coefficient (Wildman–Crippen LogP) is 3.49. The summed E-state index contributed by atoms with van der Waals surface area (Å²) < 4.78 is 93.1. The van der Waals surface area contributed by atoms with Crippen LogP contribution >= 0.6 is 0 Å². The van der Waals surface area contributed by atoms with Crippen LogP contribution in [0.4, 0.5) is 26.3 Å². The lowest BCUT2D eigenvalue weighted by Crippen LogP contribution is -2.55. The van der Waals surface area contributed by atoms with Crippen LogP contribution in [0, 0.1) is 11.6 Å². The van der Waals surface area contributed by atoms with Crippen molar-refractivity contribution in [1.82, 2.24) is 4.72 Å². The molecule has 2 unspecified atom stereocenters. The first kappa shape index (κ1) is 22.1. The summed E-state index contributed by atoms with van der Waals surface area (Å²) in [6, 6.07) is 2.58. The topological polar surface area (TPSA) is 55.3 Å². The standard InChI is InChI=1S/C15H19F6NO2S/c1-13(2,3)25(24)22-14(8-16,7-11(23)15(19,20)21)9-5-4-6-10(17)12(9)18/h4-6,11,22-23H,7-8H2,1-3H3/t11-,14?,25?/m1/s1. The number of hydrogen-bond donors (Lipinski definition) is 2. The van der Waals surface area contributed by atoms with E-state index < -0.39 is 64.2 Å². The first-order valence-electron chi connectivity index (χ1n) is 7.19. The number of nitrogens with one attached hydrogen (secondary N) is 1. The zero-order chi connectivity index (χ0) is 19.6. The highest BCUT2D eigenvalue weighted by atomic mass is 32.2. The van der Waals surface area contributed by atoms with Crippen molar-refractivity contribution in [2.45, 2.75) is 49.8 Å². The van der Waals surface area contributed by atoms with Gasteiger partial charge >= 0.3 is 6.18 Å². The minimum atomic E-state index is -5.12. The molecule has 0 bridgehead atoms. The lowest BCUT2D eigenvalue weighted by molar-refractivity contribution is -0.210. The Morgan fingerprint density at radius 1 is 1.20 bits per heavy atom. The van der Waals surface area contributed by atoms with Crippen molar-refractivity contribution in [3.8, 4) is 0 Å². The molecule has 1 aromatic rings. The van der Waals surface area contributed by atoms with Gasteiger partial charge < -0.3 is 9.66 Å². The molecule has 0 aliphatic rings. The van der Waals surface area contributed by atoms with E-state index in [4.69, 9.17) is 0 Å². The molecule has 0 aromatic heterocycles. The van der Waals surface area contributed by atoms with Gasteiger partial charge in [-0.3, -0.25) is 0 Å². The fourth-order valence-corrected chi connectivity index (χ4v) is 2.92. The smallest absolute Gasteiger partial charge is 0.414 e. The molecule has 1 aromatic carbocycles. The second-order valence-corrected chi connectivity index (χ2v) is 8.53. The molecule has 1 rings (SSSR count). The Labute approximate surface area is 144 Å². The van der Waals surface area contributed by atoms with Crippen LogP contribution in [-0.2, 0) is 16.9 Å². The molecule has 0 radical (unpaired) electrons. The van der Waals surface area contributed by atoms with Crippen molar-refractivity contribution >= 4 is 11.4 Å². The Bertz CT molecular complexity index is 568. The van der Waals surface area contributed by atoms with E-state index in [0.717, 1.165) is 12.1 Å². The van der Waals surface area contributed by atoms with Gasteiger partial charge in [-0.25, -0.2) is 13.2 Å².